The van der Waals surface area contributed by atoms with Crippen LogP contribution in [0.3, 0.4) is 0 Å². The Hall–Kier alpha value is -2.04. The van der Waals surface area contributed by atoms with Gasteiger partial charge in [-0.1, -0.05) is 26.0 Å². The fourth-order valence-electron chi connectivity index (χ4n) is 2.45. The van der Waals surface area contributed by atoms with E-state index in [2.05, 4.69) is 24.5 Å². The van der Waals surface area contributed by atoms with Crippen LogP contribution >= 0.6 is 0 Å². The summed E-state index contributed by atoms with van der Waals surface area (Å²) in [6.45, 7) is 7.20. The predicted octanol–water partition coefficient (Wildman–Crippen LogP) is 4.37. The van der Waals surface area contributed by atoms with Crippen molar-refractivity contribution in [2.75, 3.05) is 19.0 Å². The summed E-state index contributed by atoms with van der Waals surface area (Å²) in [7, 11) is 1.66. The zero-order valence-electron chi connectivity index (χ0n) is 15.0. The van der Waals surface area contributed by atoms with Crippen LogP contribution in [0, 0.1) is 12.8 Å². The Labute approximate surface area is 144 Å². The van der Waals surface area contributed by atoms with Crippen molar-refractivity contribution >= 4 is 11.4 Å². The van der Waals surface area contributed by atoms with Gasteiger partial charge in [-0.15, -0.1) is 0 Å². The summed E-state index contributed by atoms with van der Waals surface area (Å²) >= 11 is 0. The van der Waals surface area contributed by atoms with Crippen LogP contribution in [0.25, 0.3) is 0 Å². The minimum absolute atomic E-state index is 0.627. The first kappa shape index (κ1) is 18.3. The summed E-state index contributed by atoms with van der Waals surface area (Å²) in [5.41, 5.74) is 4.00. The van der Waals surface area contributed by atoms with Gasteiger partial charge in [-0.25, -0.2) is 0 Å². The first-order valence-electron chi connectivity index (χ1n) is 8.42. The molecule has 1 atom stereocenters. The fourth-order valence-corrected chi connectivity index (χ4v) is 2.45. The Morgan fingerprint density at radius 1 is 1.08 bits per heavy atom. The number of anilines is 2. The molecule has 0 aromatic heterocycles. The zero-order chi connectivity index (χ0) is 17.5. The van der Waals surface area contributed by atoms with Crippen LogP contribution in [-0.4, -0.2) is 18.8 Å². The molecule has 3 N–H and O–H groups in total. The number of aryl methyl sites for hydroxylation is 1. The molecule has 4 nitrogen and oxygen atoms in total. The van der Waals surface area contributed by atoms with E-state index >= 15 is 0 Å². The van der Waals surface area contributed by atoms with Gasteiger partial charge in [-0.05, 0) is 67.3 Å². The molecule has 0 spiro atoms. The second kappa shape index (κ2) is 8.71. The van der Waals surface area contributed by atoms with Gasteiger partial charge < -0.3 is 15.2 Å². The monoisotopic (exact) mass is 328 g/mol. The molecule has 0 saturated heterocycles. The SMILES string of the molecule is COc1ccc(Nc2ccc(C(O)NCCC(C)C)cc2C)cc1. The van der Waals surface area contributed by atoms with Gasteiger partial charge in [0.1, 0.15) is 12.0 Å². The van der Waals surface area contributed by atoms with Gasteiger partial charge in [0.15, 0.2) is 0 Å². The summed E-state index contributed by atoms with van der Waals surface area (Å²) in [6, 6.07) is 13.8. The van der Waals surface area contributed by atoms with Crippen LogP contribution in [0.2, 0.25) is 0 Å². The molecule has 0 fully saturated rings. The lowest BCUT2D eigenvalue weighted by Gasteiger charge is -2.17. The van der Waals surface area contributed by atoms with E-state index in [4.69, 9.17) is 4.74 Å². The van der Waals surface area contributed by atoms with Gasteiger partial charge in [0.25, 0.3) is 0 Å². The first-order valence-corrected chi connectivity index (χ1v) is 8.42. The lowest BCUT2D eigenvalue weighted by molar-refractivity contribution is 0.137. The normalized spacial score (nSPS) is 12.2. The molecule has 2 rings (SSSR count). The molecular weight excluding hydrogens is 300 g/mol. The molecule has 0 aliphatic carbocycles. The highest BCUT2D eigenvalue weighted by Gasteiger charge is 2.09. The molecule has 0 radical (unpaired) electrons. The summed E-state index contributed by atoms with van der Waals surface area (Å²) < 4.78 is 5.17. The highest BCUT2D eigenvalue weighted by molar-refractivity contribution is 5.64. The highest BCUT2D eigenvalue weighted by atomic mass is 16.5. The van der Waals surface area contributed by atoms with Gasteiger partial charge in [0, 0.05) is 11.4 Å². The molecule has 24 heavy (non-hydrogen) atoms. The fraction of sp³-hybridized carbons (Fsp3) is 0.400. The maximum Gasteiger partial charge on any atom is 0.131 e. The van der Waals surface area contributed by atoms with Crippen molar-refractivity contribution in [2.24, 2.45) is 5.92 Å². The average molecular weight is 328 g/mol. The summed E-state index contributed by atoms with van der Waals surface area (Å²) in [5.74, 6) is 1.46. The maximum absolute atomic E-state index is 10.3. The number of hydrogen-bond donors (Lipinski definition) is 3. The van der Waals surface area contributed by atoms with Crippen LogP contribution in [0.5, 0.6) is 5.75 Å². The number of benzene rings is 2. The molecule has 2 aromatic carbocycles. The van der Waals surface area contributed by atoms with E-state index in [0.717, 1.165) is 41.2 Å². The predicted molar refractivity (Wildman–Crippen MR) is 99.9 cm³/mol. The molecule has 0 heterocycles. The molecule has 130 valence electrons. The van der Waals surface area contributed by atoms with Crippen LogP contribution in [0.15, 0.2) is 42.5 Å². The van der Waals surface area contributed by atoms with E-state index in [0.29, 0.717) is 5.92 Å². The molecule has 0 saturated carbocycles. The largest absolute Gasteiger partial charge is 0.497 e. The summed E-state index contributed by atoms with van der Waals surface area (Å²) in [4.78, 5) is 0. The van der Waals surface area contributed by atoms with E-state index in [1.807, 2.05) is 49.4 Å². The highest BCUT2D eigenvalue weighted by Crippen LogP contribution is 2.25. The van der Waals surface area contributed by atoms with Crippen LogP contribution in [0.4, 0.5) is 11.4 Å². The van der Waals surface area contributed by atoms with Gasteiger partial charge in [0.2, 0.25) is 0 Å². The third-order valence-electron chi connectivity index (χ3n) is 3.99. The first-order chi connectivity index (χ1) is 11.5. The van der Waals surface area contributed by atoms with Crippen molar-refractivity contribution in [3.05, 3.63) is 53.6 Å². The minimum atomic E-state index is -0.627. The number of rotatable bonds is 8. The second-order valence-electron chi connectivity index (χ2n) is 6.47. The Kier molecular flexibility index (Phi) is 6.64. The Morgan fingerprint density at radius 3 is 2.38 bits per heavy atom. The molecule has 0 aliphatic heterocycles. The van der Waals surface area contributed by atoms with Crippen molar-refractivity contribution in [3.8, 4) is 5.75 Å². The van der Waals surface area contributed by atoms with Crippen molar-refractivity contribution in [1.29, 1.82) is 0 Å². The number of hydrogen-bond acceptors (Lipinski definition) is 4. The van der Waals surface area contributed by atoms with E-state index in [-0.39, 0.29) is 0 Å². The standard InChI is InChI=1S/C20H28N2O2/c1-14(2)11-12-21-20(23)16-5-10-19(15(3)13-16)22-17-6-8-18(24-4)9-7-17/h5-10,13-14,20-23H,11-12H2,1-4H3. The summed E-state index contributed by atoms with van der Waals surface area (Å²) in [6.07, 6.45) is 0.421. The average Bonchev–Trinajstić information content (AvgIpc) is 2.57. The van der Waals surface area contributed by atoms with Crippen LogP contribution < -0.4 is 15.4 Å². The van der Waals surface area contributed by atoms with E-state index in [9.17, 15) is 5.11 Å². The number of methoxy groups -OCH3 is 1. The van der Waals surface area contributed by atoms with Crippen molar-refractivity contribution in [2.45, 2.75) is 33.4 Å². The second-order valence-corrected chi connectivity index (χ2v) is 6.47. The van der Waals surface area contributed by atoms with E-state index < -0.39 is 6.23 Å². The van der Waals surface area contributed by atoms with E-state index in [1.165, 1.54) is 0 Å². The number of nitrogens with one attached hydrogen (secondary N) is 2. The molecule has 0 amide bonds. The van der Waals surface area contributed by atoms with Crippen LogP contribution in [-0.2, 0) is 0 Å². The molecular formula is C20H28N2O2. The topological polar surface area (TPSA) is 53.5 Å². The number of aliphatic hydroxyl groups excluding tert-OH is 1. The lowest BCUT2D eigenvalue weighted by atomic mass is 10.1. The zero-order valence-corrected chi connectivity index (χ0v) is 15.0. The Morgan fingerprint density at radius 2 is 1.79 bits per heavy atom. The Bertz CT molecular complexity index is 639. The number of ether oxygens (including phenoxy) is 1. The summed E-state index contributed by atoms with van der Waals surface area (Å²) in [5, 5.41) is 16.8. The number of aliphatic hydroxyl groups is 1. The van der Waals surface area contributed by atoms with Gasteiger partial charge in [-0.3, -0.25) is 5.32 Å². The van der Waals surface area contributed by atoms with Gasteiger partial charge >= 0.3 is 0 Å². The molecule has 2 aromatic rings. The van der Waals surface area contributed by atoms with Crippen molar-refractivity contribution < 1.29 is 9.84 Å². The molecule has 1 unspecified atom stereocenters. The Balaban J connectivity index is 2.00. The van der Waals surface area contributed by atoms with Crippen molar-refractivity contribution in [3.63, 3.8) is 0 Å². The van der Waals surface area contributed by atoms with Crippen LogP contribution in [0.1, 0.15) is 37.6 Å². The van der Waals surface area contributed by atoms with Gasteiger partial charge in [-0.2, -0.15) is 0 Å². The van der Waals surface area contributed by atoms with E-state index in [1.54, 1.807) is 7.11 Å². The van der Waals surface area contributed by atoms with Crippen molar-refractivity contribution in [1.82, 2.24) is 5.32 Å². The third kappa shape index (κ3) is 5.25. The van der Waals surface area contributed by atoms with Gasteiger partial charge in [0.05, 0.1) is 7.11 Å². The molecule has 4 heteroatoms. The maximum atomic E-state index is 10.3. The minimum Gasteiger partial charge on any atom is -0.497 e. The lowest BCUT2D eigenvalue weighted by Crippen LogP contribution is -2.23. The molecule has 0 aliphatic rings. The quantitative estimate of drug-likeness (QED) is 0.630. The smallest absolute Gasteiger partial charge is 0.131 e. The third-order valence-corrected chi connectivity index (χ3v) is 3.99. The molecule has 0 bridgehead atoms.